The van der Waals surface area contributed by atoms with E-state index in [2.05, 4.69) is 52.0 Å². The molecule has 6 heteroatoms. The highest BCUT2D eigenvalue weighted by Crippen LogP contribution is 2.36. The van der Waals surface area contributed by atoms with Gasteiger partial charge in [0.1, 0.15) is 5.01 Å². The molecule has 3 heterocycles. The highest BCUT2D eigenvalue weighted by molar-refractivity contribution is 7.18. The van der Waals surface area contributed by atoms with Gasteiger partial charge in [-0.25, -0.2) is 4.98 Å². The molecule has 0 bridgehead atoms. The summed E-state index contributed by atoms with van der Waals surface area (Å²) < 4.78 is 1.21. The van der Waals surface area contributed by atoms with Crippen molar-refractivity contribution in [3.8, 4) is 0 Å². The highest BCUT2D eigenvalue weighted by atomic mass is 32.1. The Balaban J connectivity index is 1.32. The summed E-state index contributed by atoms with van der Waals surface area (Å²) in [4.78, 5) is 21.3. The van der Waals surface area contributed by atoms with E-state index < -0.39 is 0 Å². The molecule has 0 radical (unpaired) electrons. The van der Waals surface area contributed by atoms with Crippen molar-refractivity contribution in [2.45, 2.75) is 24.9 Å². The van der Waals surface area contributed by atoms with Gasteiger partial charge in [0.15, 0.2) is 0 Å². The molecule has 0 saturated carbocycles. The first-order valence-electron chi connectivity index (χ1n) is 10.2. The summed E-state index contributed by atoms with van der Waals surface area (Å²) >= 11 is 3.43. The monoisotopic (exact) mass is 433 g/mol. The van der Waals surface area contributed by atoms with E-state index in [1.807, 2.05) is 30.3 Å². The van der Waals surface area contributed by atoms with E-state index in [0.29, 0.717) is 6.54 Å². The summed E-state index contributed by atoms with van der Waals surface area (Å²) in [5.74, 6) is 0.0604. The molecule has 1 N–H and O–H groups in total. The van der Waals surface area contributed by atoms with Crippen LogP contribution >= 0.6 is 22.7 Å². The lowest BCUT2D eigenvalue weighted by Crippen LogP contribution is -2.38. The number of fused-ring (bicyclic) bond motifs is 1. The Kier molecular flexibility index (Phi) is 5.62. The average molecular weight is 434 g/mol. The maximum Gasteiger partial charge on any atom is 0.234 e. The minimum absolute atomic E-state index is 0.0604. The number of nitrogens with zero attached hydrogens (tertiary/aromatic N) is 2. The first-order chi connectivity index (χ1) is 14.8. The van der Waals surface area contributed by atoms with E-state index in [1.54, 1.807) is 22.7 Å². The van der Waals surface area contributed by atoms with Crippen LogP contribution in [0.1, 0.15) is 40.4 Å². The molecule has 1 aliphatic rings. The van der Waals surface area contributed by atoms with Crippen LogP contribution in [0.3, 0.4) is 0 Å². The minimum atomic E-state index is -0.109. The molecule has 0 unspecified atom stereocenters. The number of nitrogens with one attached hydrogen (secondary N) is 1. The molecular formula is C24H23N3OS2. The van der Waals surface area contributed by atoms with Gasteiger partial charge in [0.25, 0.3) is 0 Å². The van der Waals surface area contributed by atoms with Gasteiger partial charge in [-0.3, -0.25) is 9.69 Å². The van der Waals surface area contributed by atoms with E-state index in [4.69, 9.17) is 4.98 Å². The second-order valence-corrected chi connectivity index (χ2v) is 9.62. The molecule has 4 nitrogen and oxygen atoms in total. The van der Waals surface area contributed by atoms with Crippen LogP contribution in [0.2, 0.25) is 0 Å². The van der Waals surface area contributed by atoms with Crippen LogP contribution in [0.4, 0.5) is 0 Å². The third kappa shape index (κ3) is 4.03. The molecule has 0 aliphatic carbocycles. The zero-order chi connectivity index (χ0) is 20.3. The molecule has 2 aromatic carbocycles. The molecule has 1 saturated heterocycles. The third-order valence-electron chi connectivity index (χ3n) is 5.57. The van der Waals surface area contributed by atoms with E-state index in [0.717, 1.165) is 40.4 Å². The topological polar surface area (TPSA) is 45.2 Å². The quantitative estimate of drug-likeness (QED) is 0.443. The Labute approximate surface area is 184 Å². The zero-order valence-electron chi connectivity index (χ0n) is 16.5. The maximum absolute atomic E-state index is 13.1. The van der Waals surface area contributed by atoms with Crippen molar-refractivity contribution >= 4 is 38.8 Å². The van der Waals surface area contributed by atoms with E-state index >= 15 is 0 Å². The number of thiophene rings is 1. The van der Waals surface area contributed by atoms with Crippen LogP contribution in [0.25, 0.3) is 10.2 Å². The average Bonchev–Trinajstić information content (AvgIpc) is 3.52. The Morgan fingerprint density at radius 3 is 2.73 bits per heavy atom. The fourth-order valence-electron chi connectivity index (χ4n) is 4.14. The van der Waals surface area contributed by atoms with Gasteiger partial charge in [0, 0.05) is 4.88 Å². The van der Waals surface area contributed by atoms with Crippen LogP contribution < -0.4 is 5.32 Å². The van der Waals surface area contributed by atoms with Gasteiger partial charge >= 0.3 is 0 Å². The lowest BCUT2D eigenvalue weighted by molar-refractivity contribution is -0.123. The number of hydrogen-bond acceptors (Lipinski definition) is 5. The van der Waals surface area contributed by atoms with Crippen LogP contribution in [0, 0.1) is 0 Å². The fourth-order valence-corrected chi connectivity index (χ4v) is 6.08. The number of carbonyl (C=O) groups excluding carboxylic acids is 1. The lowest BCUT2D eigenvalue weighted by atomic mass is 10.1. The Morgan fingerprint density at radius 1 is 1.10 bits per heavy atom. The van der Waals surface area contributed by atoms with E-state index in [1.165, 1.54) is 4.70 Å². The number of carbonyl (C=O) groups is 1. The van der Waals surface area contributed by atoms with Gasteiger partial charge in [-0.15, -0.1) is 22.7 Å². The summed E-state index contributed by atoms with van der Waals surface area (Å²) in [7, 11) is 0. The van der Waals surface area contributed by atoms with Crippen molar-refractivity contribution in [1.82, 2.24) is 15.2 Å². The third-order valence-corrected chi connectivity index (χ3v) is 7.65. The summed E-state index contributed by atoms with van der Waals surface area (Å²) in [6.07, 6.45) is 2.15. The summed E-state index contributed by atoms with van der Waals surface area (Å²) in [6.45, 7) is 1.33. The van der Waals surface area contributed by atoms with Crippen molar-refractivity contribution in [1.29, 1.82) is 0 Å². The minimum Gasteiger partial charge on any atom is -0.343 e. The van der Waals surface area contributed by atoms with Crippen LogP contribution in [0.5, 0.6) is 0 Å². The second-order valence-electron chi connectivity index (χ2n) is 7.57. The lowest BCUT2D eigenvalue weighted by Gasteiger charge is -2.24. The van der Waals surface area contributed by atoms with Crippen molar-refractivity contribution in [2.24, 2.45) is 0 Å². The van der Waals surface area contributed by atoms with Crippen molar-refractivity contribution in [2.75, 3.05) is 13.1 Å². The van der Waals surface area contributed by atoms with Gasteiger partial charge in [-0.2, -0.15) is 0 Å². The smallest absolute Gasteiger partial charge is 0.234 e. The molecule has 1 aliphatic heterocycles. The maximum atomic E-state index is 13.1. The number of amides is 1. The van der Waals surface area contributed by atoms with Gasteiger partial charge < -0.3 is 5.32 Å². The number of para-hydroxylation sites is 1. The van der Waals surface area contributed by atoms with E-state index in [9.17, 15) is 4.79 Å². The molecule has 0 spiro atoms. The van der Waals surface area contributed by atoms with Gasteiger partial charge in [-0.05, 0) is 48.5 Å². The van der Waals surface area contributed by atoms with E-state index in [-0.39, 0.29) is 18.0 Å². The van der Waals surface area contributed by atoms with Crippen molar-refractivity contribution in [3.05, 3.63) is 87.6 Å². The predicted molar refractivity (Wildman–Crippen MR) is 124 cm³/mol. The largest absolute Gasteiger partial charge is 0.343 e. The SMILES string of the molecule is O=C(CN1CCC[C@@H]1c1nc2ccccc2s1)N[C@H](c1ccccc1)c1cccs1. The molecule has 4 aromatic rings. The number of rotatable bonds is 6. The fraction of sp³-hybridized carbons (Fsp3) is 0.250. The molecule has 152 valence electrons. The van der Waals surface area contributed by atoms with Crippen molar-refractivity contribution < 1.29 is 4.79 Å². The molecule has 1 fully saturated rings. The molecule has 1 amide bonds. The zero-order valence-corrected chi connectivity index (χ0v) is 18.2. The van der Waals surface area contributed by atoms with Crippen LogP contribution in [-0.2, 0) is 4.79 Å². The van der Waals surface area contributed by atoms with Crippen LogP contribution in [0.15, 0.2) is 72.1 Å². The number of hydrogen-bond donors (Lipinski definition) is 1. The summed E-state index contributed by atoms with van der Waals surface area (Å²) in [6, 6.07) is 22.7. The van der Waals surface area contributed by atoms with Gasteiger partial charge in [0.2, 0.25) is 5.91 Å². The predicted octanol–water partition coefficient (Wildman–Crippen LogP) is 5.40. The van der Waals surface area contributed by atoms with Gasteiger partial charge in [-0.1, -0.05) is 48.5 Å². The molecular weight excluding hydrogens is 410 g/mol. The van der Waals surface area contributed by atoms with Crippen LogP contribution in [-0.4, -0.2) is 28.9 Å². The standard InChI is InChI=1S/C24H23N3OS2/c28-22(26-23(21-13-7-15-29-21)17-8-2-1-3-9-17)16-27-14-6-11-19(27)24-25-18-10-4-5-12-20(18)30-24/h1-5,7-10,12-13,15,19,23H,6,11,14,16H2,(H,26,28)/t19-,23-/m1/s1. The summed E-state index contributed by atoms with van der Waals surface area (Å²) in [5.41, 5.74) is 2.16. The normalized spacial score (nSPS) is 17.9. The number of thiazole rings is 1. The number of aromatic nitrogens is 1. The number of likely N-dealkylation sites (tertiary alicyclic amines) is 1. The first kappa shape index (κ1) is 19.4. The van der Waals surface area contributed by atoms with Gasteiger partial charge in [0.05, 0.1) is 28.8 Å². The molecule has 30 heavy (non-hydrogen) atoms. The Hall–Kier alpha value is -2.54. The van der Waals surface area contributed by atoms with Crippen molar-refractivity contribution in [3.63, 3.8) is 0 Å². The molecule has 2 atom stereocenters. The molecule has 2 aromatic heterocycles. The Morgan fingerprint density at radius 2 is 1.93 bits per heavy atom. The second kappa shape index (κ2) is 8.68. The summed E-state index contributed by atoms with van der Waals surface area (Å²) in [5, 5.41) is 6.46. The number of benzene rings is 2. The first-order valence-corrected chi connectivity index (χ1v) is 11.9. The Bertz CT molecular complexity index is 1090. The highest BCUT2D eigenvalue weighted by Gasteiger charge is 2.30. The molecule has 5 rings (SSSR count).